The largest absolute Gasteiger partial charge is 0.491 e. The maximum absolute atomic E-state index is 13.3. The molecule has 0 bridgehead atoms. The van der Waals surface area contributed by atoms with Gasteiger partial charge < -0.3 is 19.3 Å². The average molecular weight is 380 g/mol. The Morgan fingerprint density at radius 1 is 1.14 bits per heavy atom. The first-order valence-electron chi connectivity index (χ1n) is 10.1. The van der Waals surface area contributed by atoms with Crippen LogP contribution >= 0.6 is 0 Å². The van der Waals surface area contributed by atoms with Crippen LogP contribution in [-0.2, 0) is 4.74 Å². The van der Waals surface area contributed by atoms with E-state index >= 15 is 0 Å². The van der Waals surface area contributed by atoms with E-state index < -0.39 is 0 Å². The lowest BCUT2D eigenvalue weighted by molar-refractivity contribution is 0.0497. The summed E-state index contributed by atoms with van der Waals surface area (Å²) in [7, 11) is 2.11. The minimum Gasteiger partial charge on any atom is -0.491 e. The Balaban J connectivity index is 1.49. The lowest BCUT2D eigenvalue weighted by Crippen LogP contribution is -2.49. The molecule has 5 heteroatoms. The number of ether oxygens (including phenoxy) is 2. The average Bonchev–Trinajstić information content (AvgIpc) is 3.26. The van der Waals surface area contributed by atoms with Crippen LogP contribution in [-0.4, -0.2) is 61.7 Å². The number of benzene rings is 2. The van der Waals surface area contributed by atoms with Gasteiger partial charge >= 0.3 is 0 Å². The second-order valence-electron chi connectivity index (χ2n) is 7.66. The molecule has 5 nitrogen and oxygen atoms in total. The van der Waals surface area contributed by atoms with Gasteiger partial charge in [-0.25, -0.2) is 0 Å². The number of likely N-dealkylation sites (N-methyl/N-ethyl adjacent to an activating group) is 1. The van der Waals surface area contributed by atoms with Crippen molar-refractivity contribution in [3.05, 3.63) is 65.7 Å². The molecule has 2 atom stereocenters. The molecule has 28 heavy (non-hydrogen) atoms. The summed E-state index contributed by atoms with van der Waals surface area (Å²) in [5, 5.41) is 0. The van der Waals surface area contributed by atoms with Gasteiger partial charge in [0.25, 0.3) is 5.91 Å². The highest BCUT2D eigenvalue weighted by atomic mass is 16.5. The van der Waals surface area contributed by atoms with E-state index in [-0.39, 0.29) is 18.1 Å². The SMILES string of the molecule is CN1CCN(C(=O)c2cccc(OC[C@H]3CCCO3)c2)[C@H](c2ccccc2)C1. The van der Waals surface area contributed by atoms with Crippen molar-refractivity contribution in [2.75, 3.05) is 39.9 Å². The molecule has 2 saturated heterocycles. The van der Waals surface area contributed by atoms with Gasteiger partial charge in [-0.05, 0) is 43.7 Å². The van der Waals surface area contributed by atoms with E-state index in [1.54, 1.807) is 0 Å². The van der Waals surface area contributed by atoms with E-state index in [9.17, 15) is 4.79 Å². The Morgan fingerprint density at radius 2 is 2.00 bits per heavy atom. The van der Waals surface area contributed by atoms with E-state index in [1.165, 1.54) is 5.56 Å². The number of nitrogens with zero attached hydrogens (tertiary/aromatic N) is 2. The highest BCUT2D eigenvalue weighted by molar-refractivity contribution is 5.95. The first kappa shape index (κ1) is 19.0. The van der Waals surface area contributed by atoms with Gasteiger partial charge in [-0.2, -0.15) is 0 Å². The van der Waals surface area contributed by atoms with Crippen LogP contribution in [0.4, 0.5) is 0 Å². The van der Waals surface area contributed by atoms with Crippen LogP contribution in [0.2, 0.25) is 0 Å². The van der Waals surface area contributed by atoms with Crippen molar-refractivity contribution >= 4 is 5.91 Å². The van der Waals surface area contributed by atoms with Gasteiger partial charge in [0.1, 0.15) is 12.4 Å². The van der Waals surface area contributed by atoms with E-state index in [1.807, 2.05) is 47.4 Å². The number of carbonyl (C=O) groups is 1. The maximum Gasteiger partial charge on any atom is 0.254 e. The number of hydrogen-bond acceptors (Lipinski definition) is 4. The van der Waals surface area contributed by atoms with Crippen molar-refractivity contribution in [1.29, 1.82) is 0 Å². The quantitative estimate of drug-likeness (QED) is 0.798. The summed E-state index contributed by atoms with van der Waals surface area (Å²) in [6, 6.07) is 17.9. The highest BCUT2D eigenvalue weighted by Crippen LogP contribution is 2.27. The van der Waals surface area contributed by atoms with Crippen molar-refractivity contribution < 1.29 is 14.3 Å². The monoisotopic (exact) mass is 380 g/mol. The zero-order valence-electron chi connectivity index (χ0n) is 16.4. The zero-order valence-corrected chi connectivity index (χ0v) is 16.4. The van der Waals surface area contributed by atoms with Crippen molar-refractivity contribution in [2.45, 2.75) is 25.0 Å². The van der Waals surface area contributed by atoms with Crippen LogP contribution in [0.15, 0.2) is 54.6 Å². The molecule has 2 heterocycles. The lowest BCUT2D eigenvalue weighted by Gasteiger charge is -2.40. The molecular formula is C23H28N2O3. The molecule has 0 saturated carbocycles. The zero-order chi connectivity index (χ0) is 19.3. The Kier molecular flexibility index (Phi) is 5.93. The summed E-state index contributed by atoms with van der Waals surface area (Å²) in [5.41, 5.74) is 1.85. The summed E-state index contributed by atoms with van der Waals surface area (Å²) in [4.78, 5) is 17.6. The van der Waals surface area contributed by atoms with E-state index in [2.05, 4.69) is 24.1 Å². The van der Waals surface area contributed by atoms with Crippen molar-refractivity contribution in [3.8, 4) is 5.75 Å². The van der Waals surface area contributed by atoms with Gasteiger partial charge in [0, 0.05) is 31.8 Å². The topological polar surface area (TPSA) is 42.0 Å². The lowest BCUT2D eigenvalue weighted by atomic mass is 10.0. The maximum atomic E-state index is 13.3. The van der Waals surface area contributed by atoms with Crippen LogP contribution in [0.25, 0.3) is 0 Å². The van der Waals surface area contributed by atoms with E-state index in [0.717, 1.165) is 44.8 Å². The second-order valence-corrected chi connectivity index (χ2v) is 7.66. The number of amides is 1. The third-order valence-corrected chi connectivity index (χ3v) is 5.57. The summed E-state index contributed by atoms with van der Waals surface area (Å²) < 4.78 is 11.5. The third kappa shape index (κ3) is 4.37. The molecule has 0 unspecified atom stereocenters. The summed E-state index contributed by atoms with van der Waals surface area (Å²) in [5.74, 6) is 0.788. The highest BCUT2D eigenvalue weighted by Gasteiger charge is 2.31. The molecule has 2 aliphatic heterocycles. The van der Waals surface area contributed by atoms with Crippen LogP contribution in [0.3, 0.4) is 0 Å². The number of piperazine rings is 1. The first-order valence-corrected chi connectivity index (χ1v) is 10.1. The fourth-order valence-corrected chi connectivity index (χ4v) is 3.97. The molecule has 2 fully saturated rings. The summed E-state index contributed by atoms with van der Waals surface area (Å²) in [6.07, 6.45) is 2.30. The van der Waals surface area contributed by atoms with Gasteiger partial charge in [0.15, 0.2) is 0 Å². The Labute approximate surface area is 166 Å². The molecule has 0 radical (unpaired) electrons. The fourth-order valence-electron chi connectivity index (χ4n) is 3.97. The normalized spacial score (nSPS) is 23.0. The molecule has 0 aliphatic carbocycles. The predicted octanol–water partition coefficient (Wildman–Crippen LogP) is 3.37. The number of hydrogen-bond donors (Lipinski definition) is 0. The molecule has 2 aliphatic rings. The molecule has 1 amide bonds. The molecule has 0 spiro atoms. The summed E-state index contributed by atoms with van der Waals surface area (Å²) in [6.45, 7) is 3.79. The molecule has 148 valence electrons. The van der Waals surface area contributed by atoms with E-state index in [4.69, 9.17) is 9.47 Å². The molecular weight excluding hydrogens is 352 g/mol. The Hall–Kier alpha value is -2.37. The fraction of sp³-hybridized carbons (Fsp3) is 0.435. The summed E-state index contributed by atoms with van der Waals surface area (Å²) >= 11 is 0. The minimum absolute atomic E-state index is 0.0592. The smallest absolute Gasteiger partial charge is 0.254 e. The standard InChI is InChI=1S/C23H28N2O3/c1-24-12-13-25(22(16-24)18-7-3-2-4-8-18)23(26)19-9-5-10-20(15-19)28-17-21-11-6-14-27-21/h2-5,7-10,15,21-22H,6,11-14,16-17H2,1H3/t21-,22+/m1/s1. The molecule has 4 rings (SSSR count). The van der Waals surface area contributed by atoms with Crippen molar-refractivity contribution in [3.63, 3.8) is 0 Å². The Morgan fingerprint density at radius 3 is 2.79 bits per heavy atom. The molecule has 2 aromatic carbocycles. The molecule has 2 aromatic rings. The van der Waals surface area contributed by atoms with Crippen LogP contribution in [0.1, 0.15) is 34.8 Å². The van der Waals surface area contributed by atoms with Gasteiger partial charge in [0.2, 0.25) is 0 Å². The van der Waals surface area contributed by atoms with Gasteiger partial charge in [0.05, 0.1) is 12.1 Å². The minimum atomic E-state index is 0.0592. The van der Waals surface area contributed by atoms with Gasteiger partial charge in [-0.15, -0.1) is 0 Å². The van der Waals surface area contributed by atoms with Crippen LogP contribution in [0.5, 0.6) is 5.75 Å². The van der Waals surface area contributed by atoms with Crippen molar-refractivity contribution in [1.82, 2.24) is 9.80 Å². The van der Waals surface area contributed by atoms with E-state index in [0.29, 0.717) is 12.2 Å². The Bertz CT molecular complexity index is 789. The second kappa shape index (κ2) is 8.76. The first-order chi connectivity index (χ1) is 13.7. The third-order valence-electron chi connectivity index (χ3n) is 5.57. The molecule has 0 aromatic heterocycles. The van der Waals surface area contributed by atoms with Gasteiger partial charge in [-0.1, -0.05) is 36.4 Å². The number of rotatable bonds is 5. The van der Waals surface area contributed by atoms with Crippen LogP contribution < -0.4 is 4.74 Å². The molecule has 0 N–H and O–H groups in total. The van der Waals surface area contributed by atoms with Crippen LogP contribution in [0, 0.1) is 0 Å². The van der Waals surface area contributed by atoms with Crippen molar-refractivity contribution in [2.24, 2.45) is 0 Å². The predicted molar refractivity (Wildman–Crippen MR) is 109 cm³/mol. The van der Waals surface area contributed by atoms with Gasteiger partial charge in [-0.3, -0.25) is 4.79 Å². The number of carbonyl (C=O) groups excluding carboxylic acids is 1.